The maximum absolute atomic E-state index is 9.57. The molecule has 0 unspecified atom stereocenters. The van der Waals surface area contributed by atoms with E-state index in [2.05, 4.69) is 9.55 Å². The number of rotatable bonds is 3. The molecule has 1 heterocycles. The third kappa shape index (κ3) is 3.26. The first-order valence-electron chi connectivity index (χ1n) is 6.74. The highest BCUT2D eigenvalue weighted by molar-refractivity contribution is 6.30. The molecule has 3 rings (SSSR count). The Morgan fingerprint density at radius 1 is 1.19 bits per heavy atom. The minimum Gasteiger partial charge on any atom is -0.512 e. The Hall–Kier alpha value is -2.26. The largest absolute Gasteiger partial charge is 0.512 e. The summed E-state index contributed by atoms with van der Waals surface area (Å²) in [4.78, 5) is 4.24. The molecule has 0 bridgehead atoms. The van der Waals surface area contributed by atoms with Gasteiger partial charge in [0.2, 0.25) is 0 Å². The minimum atomic E-state index is 0.366. The van der Waals surface area contributed by atoms with E-state index in [9.17, 15) is 5.11 Å². The number of halogens is 1. The summed E-state index contributed by atoms with van der Waals surface area (Å²) >= 11 is 5.91. The lowest BCUT2D eigenvalue weighted by Gasteiger charge is -2.09. The summed E-state index contributed by atoms with van der Waals surface area (Å²) in [5.41, 5.74) is 3.22. The van der Waals surface area contributed by atoms with Crippen molar-refractivity contribution in [1.29, 1.82) is 0 Å². The number of aromatic nitrogens is 2. The van der Waals surface area contributed by atoms with Crippen molar-refractivity contribution in [2.45, 2.75) is 13.0 Å². The van der Waals surface area contributed by atoms with Gasteiger partial charge in [-0.1, -0.05) is 35.9 Å². The topological polar surface area (TPSA) is 38.1 Å². The molecule has 1 aromatic heterocycles. The zero-order valence-electron chi connectivity index (χ0n) is 11.4. The quantitative estimate of drug-likeness (QED) is 0.913. The van der Waals surface area contributed by atoms with Gasteiger partial charge in [0.15, 0.2) is 0 Å². The Morgan fingerprint density at radius 3 is 2.81 bits per heavy atom. The molecular weight excluding hydrogens is 284 g/mol. The van der Waals surface area contributed by atoms with Gasteiger partial charge in [-0.15, -0.1) is 0 Å². The van der Waals surface area contributed by atoms with Gasteiger partial charge in [0, 0.05) is 18.0 Å². The second kappa shape index (κ2) is 6.02. The van der Waals surface area contributed by atoms with Crippen LogP contribution in [0.15, 0.2) is 66.9 Å². The zero-order valence-corrected chi connectivity index (χ0v) is 12.2. The van der Waals surface area contributed by atoms with Gasteiger partial charge in [-0.3, -0.25) is 0 Å². The van der Waals surface area contributed by atoms with E-state index in [-0.39, 0.29) is 0 Å². The molecule has 0 aliphatic heterocycles. The SMILES string of the molecule is OC1=CC=C(c2cncn2Cc2ccc(Cl)cc2)C=CC1. The molecule has 1 N–H and O–H groups in total. The monoisotopic (exact) mass is 298 g/mol. The number of aliphatic hydroxyl groups is 1. The highest BCUT2D eigenvalue weighted by atomic mass is 35.5. The predicted octanol–water partition coefficient (Wildman–Crippen LogP) is 4.37. The number of nitrogens with zero attached hydrogens (tertiary/aromatic N) is 2. The maximum Gasteiger partial charge on any atom is 0.0960 e. The number of hydrogen-bond donors (Lipinski definition) is 1. The summed E-state index contributed by atoms with van der Waals surface area (Å²) in [5, 5.41) is 10.3. The smallest absolute Gasteiger partial charge is 0.0960 e. The lowest BCUT2D eigenvalue weighted by molar-refractivity contribution is 0.402. The van der Waals surface area contributed by atoms with Gasteiger partial charge in [0.05, 0.1) is 24.0 Å². The fourth-order valence-corrected chi connectivity index (χ4v) is 2.39. The Morgan fingerprint density at radius 2 is 2.00 bits per heavy atom. The van der Waals surface area contributed by atoms with Gasteiger partial charge in [-0.05, 0) is 35.4 Å². The first kappa shape index (κ1) is 13.7. The van der Waals surface area contributed by atoms with Gasteiger partial charge >= 0.3 is 0 Å². The third-order valence-electron chi connectivity index (χ3n) is 3.35. The van der Waals surface area contributed by atoms with Crippen molar-refractivity contribution in [2.75, 3.05) is 0 Å². The van der Waals surface area contributed by atoms with Gasteiger partial charge in [-0.2, -0.15) is 0 Å². The lowest BCUT2D eigenvalue weighted by Crippen LogP contribution is -2.02. The molecular formula is C17H15ClN2O. The van der Waals surface area contributed by atoms with Crippen LogP contribution < -0.4 is 0 Å². The molecule has 0 radical (unpaired) electrons. The van der Waals surface area contributed by atoms with Crippen LogP contribution >= 0.6 is 11.6 Å². The molecule has 2 aromatic rings. The molecule has 0 saturated carbocycles. The fraction of sp³-hybridized carbons (Fsp3) is 0.118. The Bertz CT molecular complexity index is 724. The molecule has 106 valence electrons. The van der Waals surface area contributed by atoms with Gasteiger partial charge < -0.3 is 9.67 Å². The maximum atomic E-state index is 9.57. The van der Waals surface area contributed by atoms with Crippen molar-refractivity contribution in [3.05, 3.63) is 83.1 Å². The fourth-order valence-electron chi connectivity index (χ4n) is 2.26. The first-order chi connectivity index (χ1) is 10.2. The van der Waals surface area contributed by atoms with E-state index in [1.54, 1.807) is 6.08 Å². The number of benzene rings is 1. The number of hydrogen-bond acceptors (Lipinski definition) is 2. The van der Waals surface area contributed by atoms with Crippen LogP contribution in [-0.2, 0) is 6.54 Å². The zero-order chi connectivity index (χ0) is 14.7. The highest BCUT2D eigenvalue weighted by Gasteiger charge is 2.07. The minimum absolute atomic E-state index is 0.366. The van der Waals surface area contributed by atoms with E-state index < -0.39 is 0 Å². The molecule has 1 aromatic carbocycles. The standard InChI is InChI=1S/C17H15ClN2O/c18-15-7-4-13(5-8-15)11-20-12-19-10-17(20)14-2-1-3-16(21)9-6-14/h1-2,4-10,12,21H,3,11H2. The molecule has 1 aliphatic carbocycles. The molecule has 0 saturated heterocycles. The molecule has 0 fully saturated rings. The summed E-state index contributed by atoms with van der Waals surface area (Å²) in [5.74, 6) is 0.366. The van der Waals surface area contributed by atoms with E-state index in [0.717, 1.165) is 28.4 Å². The molecule has 4 heteroatoms. The van der Waals surface area contributed by atoms with Crippen molar-refractivity contribution in [3.63, 3.8) is 0 Å². The lowest BCUT2D eigenvalue weighted by atomic mass is 10.1. The Balaban J connectivity index is 1.89. The van der Waals surface area contributed by atoms with Crippen molar-refractivity contribution >= 4 is 17.2 Å². The van der Waals surface area contributed by atoms with E-state index in [0.29, 0.717) is 12.2 Å². The summed E-state index contributed by atoms with van der Waals surface area (Å²) in [6.07, 6.45) is 11.8. The van der Waals surface area contributed by atoms with Crippen LogP contribution in [0.3, 0.4) is 0 Å². The normalized spacial score (nSPS) is 14.5. The van der Waals surface area contributed by atoms with Gasteiger partial charge in [0.1, 0.15) is 0 Å². The summed E-state index contributed by atoms with van der Waals surface area (Å²) in [6, 6.07) is 7.79. The molecule has 3 nitrogen and oxygen atoms in total. The van der Waals surface area contributed by atoms with Crippen LogP contribution in [0.4, 0.5) is 0 Å². The molecule has 0 amide bonds. The van der Waals surface area contributed by atoms with Crippen LogP contribution in [0, 0.1) is 0 Å². The Kier molecular flexibility index (Phi) is 3.93. The molecule has 21 heavy (non-hydrogen) atoms. The van der Waals surface area contributed by atoms with Crippen molar-refractivity contribution in [2.24, 2.45) is 0 Å². The van der Waals surface area contributed by atoms with E-state index in [1.807, 2.05) is 55.0 Å². The van der Waals surface area contributed by atoms with Crippen molar-refractivity contribution in [3.8, 4) is 0 Å². The van der Waals surface area contributed by atoms with Crippen molar-refractivity contribution < 1.29 is 5.11 Å². The van der Waals surface area contributed by atoms with Gasteiger partial charge in [0.25, 0.3) is 0 Å². The van der Waals surface area contributed by atoms with E-state index in [1.165, 1.54) is 0 Å². The second-order valence-corrected chi connectivity index (χ2v) is 5.36. The highest BCUT2D eigenvalue weighted by Crippen LogP contribution is 2.21. The summed E-state index contributed by atoms with van der Waals surface area (Å²) in [6.45, 7) is 0.730. The van der Waals surface area contributed by atoms with Crippen LogP contribution in [0.1, 0.15) is 17.7 Å². The number of imidazole rings is 1. The number of aliphatic hydroxyl groups excluding tert-OH is 1. The van der Waals surface area contributed by atoms with Gasteiger partial charge in [-0.25, -0.2) is 4.98 Å². The van der Waals surface area contributed by atoms with Crippen LogP contribution in [0.5, 0.6) is 0 Å². The third-order valence-corrected chi connectivity index (χ3v) is 3.61. The molecule has 0 spiro atoms. The molecule has 0 atom stereocenters. The van der Waals surface area contributed by atoms with E-state index in [4.69, 9.17) is 11.6 Å². The average Bonchev–Trinajstić information content (AvgIpc) is 2.82. The summed E-state index contributed by atoms with van der Waals surface area (Å²) < 4.78 is 2.08. The molecule has 1 aliphatic rings. The van der Waals surface area contributed by atoms with Crippen LogP contribution in [0.2, 0.25) is 5.02 Å². The van der Waals surface area contributed by atoms with Crippen LogP contribution in [-0.4, -0.2) is 14.7 Å². The van der Waals surface area contributed by atoms with Crippen LogP contribution in [0.25, 0.3) is 5.57 Å². The Labute approximate surface area is 128 Å². The predicted molar refractivity (Wildman–Crippen MR) is 85.2 cm³/mol. The van der Waals surface area contributed by atoms with E-state index >= 15 is 0 Å². The average molecular weight is 299 g/mol. The van der Waals surface area contributed by atoms with Crippen molar-refractivity contribution in [1.82, 2.24) is 9.55 Å². The number of allylic oxidation sites excluding steroid dienone is 5. The first-order valence-corrected chi connectivity index (χ1v) is 7.11. The second-order valence-electron chi connectivity index (χ2n) is 4.92. The summed E-state index contributed by atoms with van der Waals surface area (Å²) in [7, 11) is 0.